The van der Waals surface area contributed by atoms with E-state index >= 15 is 0 Å². The van der Waals surface area contributed by atoms with Crippen molar-refractivity contribution in [2.75, 3.05) is 18.4 Å². The molecule has 0 saturated carbocycles. The summed E-state index contributed by atoms with van der Waals surface area (Å²) in [5.41, 5.74) is 3.24. The first-order valence-corrected chi connectivity index (χ1v) is 10.6. The van der Waals surface area contributed by atoms with Crippen molar-refractivity contribution in [3.8, 4) is 11.4 Å². The molecule has 0 aliphatic carbocycles. The maximum atomic E-state index is 12.9. The lowest BCUT2D eigenvalue weighted by Crippen LogP contribution is -2.39. The minimum absolute atomic E-state index is 0.00624. The molecule has 1 aromatic heterocycles. The second-order valence-corrected chi connectivity index (χ2v) is 7.90. The molecule has 7 nitrogen and oxygen atoms in total. The van der Waals surface area contributed by atoms with E-state index in [2.05, 4.69) is 15.5 Å². The fourth-order valence-electron chi connectivity index (χ4n) is 3.83. The van der Waals surface area contributed by atoms with Gasteiger partial charge in [0, 0.05) is 36.3 Å². The van der Waals surface area contributed by atoms with Crippen molar-refractivity contribution in [2.45, 2.75) is 39.0 Å². The normalized spacial score (nSPS) is 16.2. The van der Waals surface area contributed by atoms with Gasteiger partial charge < -0.3 is 14.7 Å². The predicted molar refractivity (Wildman–Crippen MR) is 118 cm³/mol. The van der Waals surface area contributed by atoms with E-state index in [-0.39, 0.29) is 17.7 Å². The third-order valence-electron chi connectivity index (χ3n) is 5.49. The lowest BCUT2D eigenvalue weighted by atomic mass is 9.97. The van der Waals surface area contributed by atoms with Gasteiger partial charge in [-0.1, -0.05) is 41.9 Å². The fourth-order valence-corrected chi connectivity index (χ4v) is 3.83. The smallest absolute Gasteiger partial charge is 0.253 e. The summed E-state index contributed by atoms with van der Waals surface area (Å²) in [5.74, 6) is 1.01. The van der Waals surface area contributed by atoms with Gasteiger partial charge in [0.2, 0.25) is 17.6 Å². The first kappa shape index (κ1) is 20.8. The molecule has 160 valence electrons. The molecule has 1 atom stereocenters. The van der Waals surface area contributed by atoms with Gasteiger partial charge in [0.1, 0.15) is 0 Å². The number of aromatic nitrogens is 2. The van der Waals surface area contributed by atoms with Crippen LogP contribution in [0.5, 0.6) is 0 Å². The van der Waals surface area contributed by atoms with Gasteiger partial charge in [0.15, 0.2) is 0 Å². The number of piperidine rings is 1. The molecule has 2 amide bonds. The average molecular weight is 418 g/mol. The van der Waals surface area contributed by atoms with Crippen molar-refractivity contribution in [3.63, 3.8) is 0 Å². The van der Waals surface area contributed by atoms with E-state index in [1.807, 2.05) is 67.3 Å². The number of benzene rings is 2. The standard InChI is InChI=1S/C24H26N4O3/c1-3-21(29)25-20-11-5-8-17(14-20)22-26-23(31-27-22)19-10-6-12-28(15-19)24(30)18-9-4-7-16(2)13-18/h4-5,7-9,11,13-14,19H,3,6,10,12,15H2,1-2H3,(H,25,29). The van der Waals surface area contributed by atoms with Gasteiger partial charge in [-0.25, -0.2) is 0 Å². The van der Waals surface area contributed by atoms with Crippen LogP contribution in [-0.4, -0.2) is 39.9 Å². The minimum Gasteiger partial charge on any atom is -0.339 e. The van der Waals surface area contributed by atoms with E-state index < -0.39 is 0 Å². The zero-order chi connectivity index (χ0) is 21.8. The molecule has 1 saturated heterocycles. The second-order valence-electron chi connectivity index (χ2n) is 7.90. The van der Waals surface area contributed by atoms with Gasteiger partial charge in [-0.3, -0.25) is 9.59 Å². The van der Waals surface area contributed by atoms with E-state index in [0.717, 1.165) is 30.5 Å². The van der Waals surface area contributed by atoms with E-state index in [0.29, 0.717) is 35.9 Å². The van der Waals surface area contributed by atoms with Crippen LogP contribution in [0.2, 0.25) is 0 Å². The highest BCUT2D eigenvalue weighted by atomic mass is 16.5. The van der Waals surface area contributed by atoms with Crippen molar-refractivity contribution in [1.29, 1.82) is 0 Å². The molecule has 0 radical (unpaired) electrons. The average Bonchev–Trinajstić information content (AvgIpc) is 3.29. The van der Waals surface area contributed by atoms with E-state index in [9.17, 15) is 9.59 Å². The molecule has 3 aromatic rings. The Bertz CT molecular complexity index is 1090. The quantitative estimate of drug-likeness (QED) is 0.663. The highest BCUT2D eigenvalue weighted by Gasteiger charge is 2.29. The van der Waals surface area contributed by atoms with Crippen LogP contribution >= 0.6 is 0 Å². The number of anilines is 1. The molecule has 7 heteroatoms. The summed E-state index contributed by atoms with van der Waals surface area (Å²) in [7, 11) is 0. The molecule has 2 heterocycles. The molecule has 0 bridgehead atoms. The lowest BCUT2D eigenvalue weighted by molar-refractivity contribution is -0.115. The summed E-state index contributed by atoms with van der Waals surface area (Å²) in [6, 6.07) is 15.0. The zero-order valence-electron chi connectivity index (χ0n) is 17.8. The maximum absolute atomic E-state index is 12.9. The molecule has 1 fully saturated rings. The predicted octanol–water partition coefficient (Wildman–Crippen LogP) is 4.41. The Balaban J connectivity index is 1.48. The molecule has 2 aromatic carbocycles. The molecule has 1 N–H and O–H groups in total. The van der Waals surface area contributed by atoms with Crippen molar-refractivity contribution in [2.24, 2.45) is 0 Å². The van der Waals surface area contributed by atoms with Gasteiger partial charge in [-0.15, -0.1) is 0 Å². The third-order valence-corrected chi connectivity index (χ3v) is 5.49. The number of amides is 2. The van der Waals surface area contributed by atoms with Crippen molar-refractivity contribution >= 4 is 17.5 Å². The van der Waals surface area contributed by atoms with E-state index in [1.54, 1.807) is 0 Å². The van der Waals surface area contributed by atoms with Crippen LogP contribution in [0.1, 0.15) is 53.9 Å². The Kier molecular flexibility index (Phi) is 6.11. The highest BCUT2D eigenvalue weighted by molar-refractivity contribution is 5.94. The zero-order valence-corrected chi connectivity index (χ0v) is 17.8. The Hall–Kier alpha value is -3.48. The van der Waals surface area contributed by atoms with Crippen LogP contribution in [0.25, 0.3) is 11.4 Å². The molecule has 1 unspecified atom stereocenters. The molecular weight excluding hydrogens is 392 g/mol. The molecule has 4 rings (SSSR count). The number of rotatable bonds is 5. The molecule has 1 aliphatic rings. The van der Waals surface area contributed by atoms with E-state index in [4.69, 9.17) is 4.52 Å². The summed E-state index contributed by atoms with van der Waals surface area (Å²) >= 11 is 0. The molecule has 0 spiro atoms. The van der Waals surface area contributed by atoms with E-state index in [1.165, 1.54) is 0 Å². The number of carbonyl (C=O) groups is 2. The number of nitrogens with one attached hydrogen (secondary N) is 1. The molecule has 1 aliphatic heterocycles. The van der Waals surface area contributed by atoms with Gasteiger partial charge in [-0.2, -0.15) is 4.98 Å². The summed E-state index contributed by atoms with van der Waals surface area (Å²) in [4.78, 5) is 31.0. The lowest BCUT2D eigenvalue weighted by Gasteiger charge is -2.31. The van der Waals surface area contributed by atoms with Crippen molar-refractivity contribution in [1.82, 2.24) is 15.0 Å². The molecular formula is C24H26N4O3. The Labute approximate surface area is 181 Å². The van der Waals surface area contributed by atoms with Crippen LogP contribution in [0, 0.1) is 6.92 Å². The van der Waals surface area contributed by atoms with Crippen molar-refractivity contribution < 1.29 is 14.1 Å². The minimum atomic E-state index is -0.0495. The highest BCUT2D eigenvalue weighted by Crippen LogP contribution is 2.29. The fraction of sp³-hybridized carbons (Fsp3) is 0.333. The van der Waals surface area contributed by atoms with Crippen LogP contribution < -0.4 is 5.32 Å². The molecule has 31 heavy (non-hydrogen) atoms. The Morgan fingerprint density at radius 3 is 2.84 bits per heavy atom. The van der Waals surface area contributed by atoms with Gasteiger partial charge in [0.25, 0.3) is 5.91 Å². The second kappa shape index (κ2) is 9.12. The number of nitrogens with zero attached hydrogens (tertiary/aromatic N) is 3. The van der Waals surface area contributed by atoms with Crippen LogP contribution in [0.3, 0.4) is 0 Å². The number of likely N-dealkylation sites (tertiary alicyclic amines) is 1. The SMILES string of the molecule is CCC(=O)Nc1cccc(-c2noc(C3CCCN(C(=O)c4cccc(C)c4)C3)n2)c1. The maximum Gasteiger partial charge on any atom is 0.253 e. The third kappa shape index (κ3) is 4.82. The van der Waals surface area contributed by atoms with Crippen LogP contribution in [0.4, 0.5) is 5.69 Å². The first-order chi connectivity index (χ1) is 15.0. The monoisotopic (exact) mass is 418 g/mol. The summed E-state index contributed by atoms with van der Waals surface area (Å²) in [6.45, 7) is 5.07. The van der Waals surface area contributed by atoms with Crippen LogP contribution in [-0.2, 0) is 4.79 Å². The number of hydrogen-bond acceptors (Lipinski definition) is 5. The summed E-state index contributed by atoms with van der Waals surface area (Å²) in [6.07, 6.45) is 2.19. The Morgan fingerprint density at radius 2 is 2.03 bits per heavy atom. The topological polar surface area (TPSA) is 88.3 Å². The van der Waals surface area contributed by atoms with Crippen LogP contribution in [0.15, 0.2) is 53.1 Å². The number of hydrogen-bond donors (Lipinski definition) is 1. The largest absolute Gasteiger partial charge is 0.339 e. The van der Waals surface area contributed by atoms with Gasteiger partial charge in [-0.05, 0) is 44.0 Å². The number of carbonyl (C=O) groups excluding carboxylic acids is 2. The van der Waals surface area contributed by atoms with Crippen molar-refractivity contribution in [3.05, 3.63) is 65.5 Å². The van der Waals surface area contributed by atoms with Gasteiger partial charge in [0.05, 0.1) is 5.92 Å². The first-order valence-electron chi connectivity index (χ1n) is 10.6. The summed E-state index contributed by atoms with van der Waals surface area (Å²) < 4.78 is 5.57. The van der Waals surface area contributed by atoms with Gasteiger partial charge >= 0.3 is 0 Å². The Morgan fingerprint density at radius 1 is 1.19 bits per heavy atom. The summed E-state index contributed by atoms with van der Waals surface area (Å²) in [5, 5.41) is 6.98. The number of aryl methyl sites for hydroxylation is 1.